The SMILES string of the molecule is CC(C)(C)OC(=O)ON1Cc2cc(Cl)ccc2-n2c(nnc2[C@H]2CC[C@H](c3nsc4ccccc43)CC2)C1. The Kier molecular flexibility index (Phi) is 6.62. The number of benzene rings is 2. The van der Waals surface area contributed by atoms with Crippen molar-refractivity contribution in [3.8, 4) is 5.69 Å². The van der Waals surface area contributed by atoms with Crippen molar-refractivity contribution in [1.82, 2.24) is 24.2 Å². The first-order valence-corrected chi connectivity index (χ1v) is 14.1. The molecule has 198 valence electrons. The molecule has 8 nitrogen and oxygen atoms in total. The molecule has 0 N–H and O–H groups in total. The summed E-state index contributed by atoms with van der Waals surface area (Å²) < 4.78 is 13.6. The van der Waals surface area contributed by atoms with Crippen LogP contribution in [-0.4, -0.2) is 36.0 Å². The van der Waals surface area contributed by atoms with Crippen LogP contribution in [0.2, 0.25) is 5.02 Å². The normalized spacial score (nSPS) is 20.0. The Morgan fingerprint density at radius 3 is 2.58 bits per heavy atom. The van der Waals surface area contributed by atoms with Crippen LogP contribution in [0.4, 0.5) is 4.79 Å². The van der Waals surface area contributed by atoms with Gasteiger partial charge in [-0.2, -0.15) is 4.37 Å². The molecule has 0 amide bonds. The second kappa shape index (κ2) is 9.94. The molecule has 0 atom stereocenters. The van der Waals surface area contributed by atoms with E-state index in [0.717, 1.165) is 48.6 Å². The topological polar surface area (TPSA) is 82.4 Å². The summed E-state index contributed by atoms with van der Waals surface area (Å²) in [5.41, 5.74) is 2.48. The lowest BCUT2D eigenvalue weighted by molar-refractivity contribution is -0.155. The fourth-order valence-corrected chi connectivity index (χ4v) is 6.57. The number of ether oxygens (including phenoxy) is 1. The summed E-state index contributed by atoms with van der Waals surface area (Å²) in [4.78, 5) is 18.0. The summed E-state index contributed by atoms with van der Waals surface area (Å²) in [5, 5.41) is 12.7. The van der Waals surface area contributed by atoms with Gasteiger partial charge >= 0.3 is 6.16 Å². The molecule has 4 aromatic rings. The second-order valence-corrected chi connectivity index (χ2v) is 12.3. The Bertz CT molecular complexity index is 1490. The predicted molar refractivity (Wildman–Crippen MR) is 147 cm³/mol. The van der Waals surface area contributed by atoms with Gasteiger partial charge < -0.3 is 9.57 Å². The molecule has 1 aliphatic heterocycles. The van der Waals surface area contributed by atoms with Crippen molar-refractivity contribution < 1.29 is 14.4 Å². The van der Waals surface area contributed by atoms with Crippen molar-refractivity contribution in [3.63, 3.8) is 0 Å². The van der Waals surface area contributed by atoms with E-state index in [2.05, 4.69) is 39.0 Å². The third kappa shape index (κ3) is 5.02. The van der Waals surface area contributed by atoms with Crippen molar-refractivity contribution in [2.75, 3.05) is 0 Å². The number of hydroxylamine groups is 2. The molecule has 0 bridgehead atoms. The van der Waals surface area contributed by atoms with Crippen LogP contribution in [-0.2, 0) is 22.7 Å². The number of fused-ring (bicyclic) bond motifs is 4. The number of nitrogens with zero attached hydrogens (tertiary/aromatic N) is 5. The van der Waals surface area contributed by atoms with E-state index in [-0.39, 0.29) is 5.92 Å². The minimum absolute atomic E-state index is 0.277. The molecule has 0 radical (unpaired) electrons. The van der Waals surface area contributed by atoms with Crippen LogP contribution in [0.3, 0.4) is 0 Å². The molecular formula is C28H30ClN5O3S. The number of rotatable bonds is 3. The molecule has 1 aliphatic carbocycles. The number of hydrogen-bond acceptors (Lipinski definition) is 8. The lowest BCUT2D eigenvalue weighted by Crippen LogP contribution is -2.31. The Morgan fingerprint density at radius 1 is 1.03 bits per heavy atom. The molecule has 0 unspecified atom stereocenters. The molecule has 6 rings (SSSR count). The molecule has 1 saturated carbocycles. The maximum atomic E-state index is 12.4. The average molecular weight is 552 g/mol. The van der Waals surface area contributed by atoms with Gasteiger partial charge in [0.05, 0.1) is 29.2 Å². The van der Waals surface area contributed by atoms with Crippen LogP contribution in [0.1, 0.15) is 81.2 Å². The maximum absolute atomic E-state index is 12.4. The van der Waals surface area contributed by atoms with Crippen molar-refractivity contribution in [2.24, 2.45) is 0 Å². The zero-order valence-corrected chi connectivity index (χ0v) is 23.3. The van der Waals surface area contributed by atoms with Gasteiger partial charge in [0.1, 0.15) is 11.4 Å². The van der Waals surface area contributed by atoms with Crippen LogP contribution in [0.25, 0.3) is 15.8 Å². The number of halogens is 1. The molecule has 3 heterocycles. The van der Waals surface area contributed by atoms with E-state index >= 15 is 0 Å². The van der Waals surface area contributed by atoms with E-state index in [1.54, 1.807) is 37.4 Å². The molecule has 2 aromatic carbocycles. The number of aromatic nitrogens is 4. The summed E-state index contributed by atoms with van der Waals surface area (Å²) in [6, 6.07) is 14.3. The lowest BCUT2D eigenvalue weighted by atomic mass is 9.79. The van der Waals surface area contributed by atoms with Crippen LogP contribution >= 0.6 is 23.1 Å². The van der Waals surface area contributed by atoms with Crippen molar-refractivity contribution in [3.05, 3.63) is 70.4 Å². The zero-order valence-electron chi connectivity index (χ0n) is 21.7. The number of carbonyl (C=O) groups is 1. The van der Waals surface area contributed by atoms with Crippen molar-refractivity contribution in [2.45, 2.75) is 77.0 Å². The van der Waals surface area contributed by atoms with E-state index in [1.165, 1.54) is 15.8 Å². The first-order valence-electron chi connectivity index (χ1n) is 13.0. The second-order valence-electron chi connectivity index (χ2n) is 11.0. The van der Waals surface area contributed by atoms with Gasteiger partial charge in [0.25, 0.3) is 0 Å². The first-order chi connectivity index (χ1) is 18.2. The Labute approximate surface area is 230 Å². The minimum atomic E-state index is -0.748. The van der Waals surface area contributed by atoms with E-state index in [1.807, 2.05) is 18.2 Å². The van der Waals surface area contributed by atoms with E-state index < -0.39 is 11.8 Å². The molecule has 0 saturated heterocycles. The highest BCUT2D eigenvalue weighted by molar-refractivity contribution is 7.13. The monoisotopic (exact) mass is 551 g/mol. The quantitative estimate of drug-likeness (QED) is 0.250. The van der Waals surface area contributed by atoms with E-state index in [9.17, 15) is 4.79 Å². The highest BCUT2D eigenvalue weighted by Gasteiger charge is 2.33. The van der Waals surface area contributed by atoms with Gasteiger partial charge in [-0.15, -0.1) is 15.3 Å². The third-order valence-electron chi connectivity index (χ3n) is 7.18. The van der Waals surface area contributed by atoms with E-state index in [0.29, 0.717) is 24.0 Å². The van der Waals surface area contributed by atoms with Crippen LogP contribution in [0.5, 0.6) is 0 Å². The van der Waals surface area contributed by atoms with Crippen LogP contribution in [0.15, 0.2) is 42.5 Å². The Balaban J connectivity index is 1.26. The fourth-order valence-electron chi connectivity index (χ4n) is 5.53. The van der Waals surface area contributed by atoms with E-state index in [4.69, 9.17) is 25.5 Å². The summed E-state index contributed by atoms with van der Waals surface area (Å²) >= 11 is 7.96. The summed E-state index contributed by atoms with van der Waals surface area (Å²) in [6.07, 6.45) is 3.39. The lowest BCUT2D eigenvalue weighted by Gasteiger charge is -2.27. The molecule has 0 spiro atoms. The van der Waals surface area contributed by atoms with Gasteiger partial charge in [-0.25, -0.2) is 4.79 Å². The van der Waals surface area contributed by atoms with Gasteiger partial charge in [-0.05, 0) is 87.8 Å². The minimum Gasteiger partial charge on any atom is -0.427 e. The standard InChI is InChI=1S/C28H30ClN5O3S/c1-28(2,3)36-27(35)37-33-15-19-14-20(29)12-13-22(19)34-24(16-33)30-31-26(34)18-10-8-17(9-11-18)25-21-6-4-5-7-23(21)38-32-25/h4-7,12-14,17-18H,8-11,15-16H2,1-3H3/t17-,18-. The summed E-state index contributed by atoms with van der Waals surface area (Å²) in [5.74, 6) is 2.40. The number of hydrogen-bond donors (Lipinski definition) is 0. The summed E-state index contributed by atoms with van der Waals surface area (Å²) in [7, 11) is 0. The molecular weight excluding hydrogens is 522 g/mol. The van der Waals surface area contributed by atoms with Crippen molar-refractivity contribution in [1.29, 1.82) is 0 Å². The number of carbonyl (C=O) groups excluding carboxylic acids is 1. The maximum Gasteiger partial charge on any atom is 0.528 e. The predicted octanol–water partition coefficient (Wildman–Crippen LogP) is 7.15. The Hall–Kier alpha value is -3.01. The molecule has 2 aliphatic rings. The van der Waals surface area contributed by atoms with Gasteiger partial charge in [0.2, 0.25) is 0 Å². The largest absolute Gasteiger partial charge is 0.528 e. The van der Waals surface area contributed by atoms with Gasteiger partial charge in [-0.1, -0.05) is 29.8 Å². The van der Waals surface area contributed by atoms with Gasteiger partial charge in [-0.3, -0.25) is 4.57 Å². The molecule has 10 heteroatoms. The molecule has 1 fully saturated rings. The smallest absolute Gasteiger partial charge is 0.427 e. The summed E-state index contributed by atoms with van der Waals surface area (Å²) in [6.45, 7) is 6.07. The average Bonchev–Trinajstić information content (AvgIpc) is 3.44. The Morgan fingerprint density at radius 2 is 1.79 bits per heavy atom. The fraction of sp³-hybridized carbons (Fsp3) is 0.429. The highest BCUT2D eigenvalue weighted by atomic mass is 35.5. The van der Waals surface area contributed by atoms with Crippen molar-refractivity contribution >= 4 is 39.4 Å². The third-order valence-corrected chi connectivity index (χ3v) is 8.26. The van der Waals surface area contributed by atoms with Crippen LogP contribution in [0, 0.1) is 0 Å². The highest BCUT2D eigenvalue weighted by Crippen LogP contribution is 2.43. The zero-order chi connectivity index (χ0) is 26.4. The molecule has 2 aromatic heterocycles. The first kappa shape index (κ1) is 25.3. The van der Waals surface area contributed by atoms with Gasteiger partial charge in [0, 0.05) is 22.2 Å². The van der Waals surface area contributed by atoms with Crippen LogP contribution < -0.4 is 0 Å². The molecule has 38 heavy (non-hydrogen) atoms. The van der Waals surface area contributed by atoms with Gasteiger partial charge in [0.15, 0.2) is 5.82 Å².